The summed E-state index contributed by atoms with van der Waals surface area (Å²) >= 11 is 0. The molecule has 0 saturated carbocycles. The summed E-state index contributed by atoms with van der Waals surface area (Å²) in [4.78, 5) is 0. The molecular formula is C18H22N2. The van der Waals surface area contributed by atoms with Gasteiger partial charge in [0, 0.05) is 23.6 Å². The molecule has 2 aliphatic carbocycles. The summed E-state index contributed by atoms with van der Waals surface area (Å²) in [6, 6.07) is 9.28. The molecule has 2 heteroatoms. The Kier molecular flexibility index (Phi) is 2.92. The number of nitrogens with two attached hydrogens (primary N) is 1. The van der Waals surface area contributed by atoms with Crippen molar-refractivity contribution < 1.29 is 0 Å². The minimum absolute atomic E-state index is 0.236. The first-order valence-electron chi connectivity index (χ1n) is 7.91. The zero-order valence-corrected chi connectivity index (χ0v) is 11.9. The zero-order chi connectivity index (χ0) is 13.5. The first-order chi connectivity index (χ1) is 9.84. The van der Waals surface area contributed by atoms with E-state index in [1.165, 1.54) is 55.5 Å². The molecule has 0 aliphatic heterocycles. The molecule has 1 unspecified atom stereocenters. The number of benzene rings is 1. The lowest BCUT2D eigenvalue weighted by Crippen LogP contribution is -2.18. The van der Waals surface area contributed by atoms with Crippen molar-refractivity contribution in [3.05, 3.63) is 52.8 Å². The zero-order valence-electron chi connectivity index (χ0n) is 11.9. The predicted octanol–water partition coefficient (Wildman–Crippen LogP) is 3.69. The highest BCUT2D eigenvalue weighted by Crippen LogP contribution is 2.33. The minimum Gasteiger partial charge on any atom is -0.324 e. The van der Waals surface area contributed by atoms with Crippen LogP contribution >= 0.6 is 0 Å². The Hall–Kier alpha value is -1.54. The van der Waals surface area contributed by atoms with E-state index in [1.807, 2.05) is 0 Å². The second-order valence-corrected chi connectivity index (χ2v) is 6.21. The van der Waals surface area contributed by atoms with Gasteiger partial charge in [-0.05, 0) is 73.8 Å². The Morgan fingerprint density at radius 3 is 2.85 bits per heavy atom. The van der Waals surface area contributed by atoms with Crippen LogP contribution in [0.5, 0.6) is 0 Å². The smallest absolute Gasteiger partial charge is 0.0487 e. The molecule has 1 aromatic carbocycles. The SMILES string of the molecule is NC1CCCc2c1ccn2-c1cccc2c1CCCC2. The average molecular weight is 266 g/mol. The molecule has 0 amide bonds. The van der Waals surface area contributed by atoms with Gasteiger partial charge in [0.2, 0.25) is 0 Å². The lowest BCUT2D eigenvalue weighted by molar-refractivity contribution is 0.559. The molecule has 1 aromatic heterocycles. The summed E-state index contributed by atoms with van der Waals surface area (Å²) in [5.74, 6) is 0. The van der Waals surface area contributed by atoms with Crippen LogP contribution in [0.25, 0.3) is 5.69 Å². The Labute approximate surface area is 120 Å². The third kappa shape index (κ3) is 1.82. The van der Waals surface area contributed by atoms with E-state index in [4.69, 9.17) is 5.73 Å². The Morgan fingerprint density at radius 1 is 1.00 bits per heavy atom. The lowest BCUT2D eigenvalue weighted by Gasteiger charge is -2.24. The molecule has 4 rings (SSSR count). The molecule has 0 saturated heterocycles. The van der Waals surface area contributed by atoms with Crippen LogP contribution in [0.2, 0.25) is 0 Å². The van der Waals surface area contributed by atoms with Gasteiger partial charge < -0.3 is 10.3 Å². The second kappa shape index (κ2) is 4.78. The summed E-state index contributed by atoms with van der Waals surface area (Å²) in [6.45, 7) is 0. The molecule has 2 nitrogen and oxygen atoms in total. The number of aromatic nitrogens is 1. The number of fused-ring (bicyclic) bond motifs is 2. The van der Waals surface area contributed by atoms with Gasteiger partial charge in [0.25, 0.3) is 0 Å². The maximum atomic E-state index is 6.26. The highest BCUT2D eigenvalue weighted by atomic mass is 15.0. The molecule has 0 spiro atoms. The van der Waals surface area contributed by atoms with Crippen LogP contribution in [0.3, 0.4) is 0 Å². The van der Waals surface area contributed by atoms with Crippen LogP contribution in [0.4, 0.5) is 0 Å². The monoisotopic (exact) mass is 266 g/mol. The Morgan fingerprint density at radius 2 is 1.90 bits per heavy atom. The van der Waals surface area contributed by atoms with Crippen molar-refractivity contribution in [2.24, 2.45) is 5.73 Å². The topological polar surface area (TPSA) is 30.9 Å². The first kappa shape index (κ1) is 12.2. The molecule has 20 heavy (non-hydrogen) atoms. The van der Waals surface area contributed by atoms with Crippen molar-refractivity contribution in [1.82, 2.24) is 4.57 Å². The number of rotatable bonds is 1. The second-order valence-electron chi connectivity index (χ2n) is 6.21. The first-order valence-corrected chi connectivity index (χ1v) is 7.91. The van der Waals surface area contributed by atoms with Crippen molar-refractivity contribution in [2.45, 2.75) is 51.0 Å². The van der Waals surface area contributed by atoms with Crippen LogP contribution in [0.15, 0.2) is 30.5 Å². The van der Waals surface area contributed by atoms with Crippen molar-refractivity contribution in [2.75, 3.05) is 0 Å². The van der Waals surface area contributed by atoms with Crippen LogP contribution in [0, 0.1) is 0 Å². The third-order valence-electron chi connectivity index (χ3n) is 4.99. The van der Waals surface area contributed by atoms with Gasteiger partial charge in [-0.2, -0.15) is 0 Å². The number of nitrogens with zero attached hydrogens (tertiary/aromatic N) is 1. The molecule has 1 heterocycles. The molecule has 0 fully saturated rings. The highest BCUT2D eigenvalue weighted by molar-refractivity contribution is 5.50. The maximum Gasteiger partial charge on any atom is 0.0487 e. The normalized spacial score (nSPS) is 21.4. The van der Waals surface area contributed by atoms with Gasteiger partial charge >= 0.3 is 0 Å². The number of aryl methyl sites for hydroxylation is 1. The van der Waals surface area contributed by atoms with Crippen LogP contribution in [0.1, 0.15) is 54.1 Å². The van der Waals surface area contributed by atoms with Gasteiger partial charge in [-0.15, -0.1) is 0 Å². The molecule has 2 aromatic rings. The molecule has 0 bridgehead atoms. The molecule has 104 valence electrons. The maximum absolute atomic E-state index is 6.26. The van der Waals surface area contributed by atoms with Gasteiger partial charge in [-0.25, -0.2) is 0 Å². The fraction of sp³-hybridized carbons (Fsp3) is 0.444. The van der Waals surface area contributed by atoms with Crippen molar-refractivity contribution in [3.63, 3.8) is 0 Å². The summed E-state index contributed by atoms with van der Waals surface area (Å²) in [5.41, 5.74) is 13.6. The third-order valence-corrected chi connectivity index (χ3v) is 4.99. The van der Waals surface area contributed by atoms with Gasteiger partial charge in [-0.1, -0.05) is 12.1 Å². The number of hydrogen-bond donors (Lipinski definition) is 1. The van der Waals surface area contributed by atoms with Crippen molar-refractivity contribution >= 4 is 0 Å². The van der Waals surface area contributed by atoms with Gasteiger partial charge in [0.1, 0.15) is 0 Å². The van der Waals surface area contributed by atoms with Gasteiger partial charge in [0.05, 0.1) is 0 Å². The fourth-order valence-electron chi connectivity index (χ4n) is 3.94. The predicted molar refractivity (Wildman–Crippen MR) is 82.3 cm³/mol. The van der Waals surface area contributed by atoms with E-state index in [0.29, 0.717) is 0 Å². The average Bonchev–Trinajstić information content (AvgIpc) is 2.92. The van der Waals surface area contributed by atoms with Crippen LogP contribution in [-0.4, -0.2) is 4.57 Å². The van der Waals surface area contributed by atoms with Gasteiger partial charge in [-0.3, -0.25) is 0 Å². The van der Waals surface area contributed by atoms with E-state index < -0.39 is 0 Å². The molecule has 1 atom stereocenters. The molecular weight excluding hydrogens is 244 g/mol. The summed E-state index contributed by atoms with van der Waals surface area (Å²) in [6.07, 6.45) is 10.9. The molecule has 0 radical (unpaired) electrons. The van der Waals surface area contributed by atoms with Crippen LogP contribution in [-0.2, 0) is 19.3 Å². The summed E-state index contributed by atoms with van der Waals surface area (Å²) in [5, 5.41) is 0. The fourth-order valence-corrected chi connectivity index (χ4v) is 3.94. The van der Waals surface area contributed by atoms with E-state index in [9.17, 15) is 0 Å². The van der Waals surface area contributed by atoms with Crippen molar-refractivity contribution in [1.29, 1.82) is 0 Å². The van der Waals surface area contributed by atoms with E-state index in [-0.39, 0.29) is 6.04 Å². The van der Waals surface area contributed by atoms with E-state index in [2.05, 4.69) is 35.0 Å². The van der Waals surface area contributed by atoms with E-state index in [0.717, 1.165) is 6.42 Å². The summed E-state index contributed by atoms with van der Waals surface area (Å²) < 4.78 is 2.42. The van der Waals surface area contributed by atoms with Gasteiger partial charge in [0.15, 0.2) is 0 Å². The minimum atomic E-state index is 0.236. The van der Waals surface area contributed by atoms with Crippen LogP contribution < -0.4 is 5.73 Å². The lowest BCUT2D eigenvalue weighted by atomic mass is 9.90. The largest absolute Gasteiger partial charge is 0.324 e. The van der Waals surface area contributed by atoms with E-state index >= 15 is 0 Å². The van der Waals surface area contributed by atoms with Crippen molar-refractivity contribution in [3.8, 4) is 5.69 Å². The highest BCUT2D eigenvalue weighted by Gasteiger charge is 2.22. The quantitative estimate of drug-likeness (QED) is 0.838. The molecule has 2 aliphatic rings. The molecule has 2 N–H and O–H groups in total. The Bertz CT molecular complexity index is 639. The Balaban J connectivity index is 1.86. The summed E-state index contributed by atoms with van der Waals surface area (Å²) in [7, 11) is 0. The number of hydrogen-bond acceptors (Lipinski definition) is 1. The standard InChI is InChI=1S/C18H22N2/c19-16-8-4-10-18-15(16)11-12-20(18)17-9-3-6-13-5-1-2-7-14(13)17/h3,6,9,11-12,16H,1-2,4-5,7-8,10,19H2. The van der Waals surface area contributed by atoms with E-state index in [1.54, 1.807) is 11.1 Å².